The van der Waals surface area contributed by atoms with Crippen LogP contribution in [0.25, 0.3) is 10.9 Å². The third kappa shape index (κ3) is 6.62. The van der Waals surface area contributed by atoms with Crippen LogP contribution in [0.3, 0.4) is 0 Å². The summed E-state index contributed by atoms with van der Waals surface area (Å²) < 4.78 is 26.4. The average molecular weight is 572 g/mol. The molecule has 1 aliphatic heterocycles. The Bertz CT molecular complexity index is 1710. The van der Waals surface area contributed by atoms with Crippen molar-refractivity contribution in [2.24, 2.45) is 5.41 Å². The molecule has 12 heteroatoms. The third-order valence-corrected chi connectivity index (χ3v) is 7.31. The largest absolute Gasteiger partial charge is 0.383 e. The highest BCUT2D eigenvalue weighted by Gasteiger charge is 2.32. The van der Waals surface area contributed by atoms with Crippen molar-refractivity contribution in [1.29, 1.82) is 10.5 Å². The van der Waals surface area contributed by atoms with E-state index in [1.54, 1.807) is 24.3 Å². The Morgan fingerprint density at radius 3 is 2.54 bits per heavy atom. The molecule has 41 heavy (non-hydrogen) atoms. The van der Waals surface area contributed by atoms with Crippen molar-refractivity contribution in [2.75, 3.05) is 28.2 Å². The summed E-state index contributed by atoms with van der Waals surface area (Å²) >= 11 is 0. The van der Waals surface area contributed by atoms with E-state index in [1.165, 1.54) is 6.20 Å². The minimum atomic E-state index is -3.47. The monoisotopic (exact) mass is 571 g/mol. The number of pyridine rings is 1. The average Bonchev–Trinajstić information content (AvgIpc) is 3.65. The van der Waals surface area contributed by atoms with Crippen LogP contribution in [-0.4, -0.2) is 37.3 Å². The smallest absolute Gasteiger partial charge is 0.229 e. The lowest BCUT2D eigenvalue weighted by Gasteiger charge is -2.24. The predicted octanol–water partition coefficient (Wildman–Crippen LogP) is 4.29. The first-order chi connectivity index (χ1) is 19.4. The molecule has 0 bridgehead atoms. The number of rotatable bonds is 9. The summed E-state index contributed by atoms with van der Waals surface area (Å²) in [6, 6.07) is 15.3. The number of aromatic nitrogens is 1. The van der Waals surface area contributed by atoms with Crippen LogP contribution < -0.4 is 26.3 Å². The van der Waals surface area contributed by atoms with Gasteiger partial charge in [0.1, 0.15) is 12.1 Å². The Morgan fingerprint density at radius 1 is 1.12 bits per heavy atom. The van der Waals surface area contributed by atoms with E-state index in [0.717, 1.165) is 30.4 Å². The number of hydrazine groups is 2. The van der Waals surface area contributed by atoms with Gasteiger partial charge in [-0.3, -0.25) is 14.7 Å². The zero-order valence-electron chi connectivity index (χ0n) is 23.4. The predicted molar refractivity (Wildman–Crippen MR) is 160 cm³/mol. The molecule has 1 saturated carbocycles. The molecule has 3 aromatic rings. The van der Waals surface area contributed by atoms with E-state index in [2.05, 4.69) is 64.2 Å². The number of benzene rings is 2. The van der Waals surface area contributed by atoms with Crippen LogP contribution >= 0.6 is 0 Å². The van der Waals surface area contributed by atoms with E-state index in [-0.39, 0.29) is 5.41 Å². The molecule has 0 radical (unpaired) electrons. The van der Waals surface area contributed by atoms with E-state index in [0.29, 0.717) is 51.7 Å². The quantitative estimate of drug-likeness (QED) is 0.251. The Kier molecular flexibility index (Phi) is 7.39. The van der Waals surface area contributed by atoms with Gasteiger partial charge >= 0.3 is 0 Å². The van der Waals surface area contributed by atoms with Crippen LogP contribution in [0.4, 0.5) is 17.1 Å². The molecule has 1 atom stereocenters. The molecule has 0 spiro atoms. The molecule has 2 heterocycles. The second-order valence-corrected chi connectivity index (χ2v) is 13.4. The van der Waals surface area contributed by atoms with Gasteiger partial charge in [-0.15, -0.1) is 5.53 Å². The number of hydrogen-bond acceptors (Lipinski definition) is 10. The summed E-state index contributed by atoms with van der Waals surface area (Å²) in [5.41, 5.74) is 11.0. The highest BCUT2D eigenvalue weighted by atomic mass is 32.2. The van der Waals surface area contributed by atoms with Gasteiger partial charge in [-0.1, -0.05) is 32.9 Å². The molecule has 1 aliphatic carbocycles. The molecule has 212 valence electrons. The molecule has 5 N–H and O–H groups in total. The van der Waals surface area contributed by atoms with Gasteiger partial charge < -0.3 is 16.1 Å². The van der Waals surface area contributed by atoms with Crippen molar-refractivity contribution in [3.63, 3.8) is 0 Å². The maximum Gasteiger partial charge on any atom is 0.229 e. The molecule has 2 aliphatic rings. The molecule has 0 amide bonds. The number of nitriles is 2. The van der Waals surface area contributed by atoms with Crippen molar-refractivity contribution in [2.45, 2.75) is 45.7 Å². The molecule has 1 fully saturated rings. The van der Waals surface area contributed by atoms with Gasteiger partial charge in [0.15, 0.2) is 0 Å². The molecule has 2 aromatic carbocycles. The highest BCUT2D eigenvalue weighted by Crippen LogP contribution is 2.36. The number of anilines is 3. The summed E-state index contributed by atoms with van der Waals surface area (Å²) in [7, 11) is -3.47. The number of fused-ring (bicyclic) bond motifs is 1. The minimum absolute atomic E-state index is 0.0482. The third-order valence-electron chi connectivity index (χ3n) is 6.70. The first kappa shape index (κ1) is 28.0. The topological polar surface area (TPSA) is 158 Å². The van der Waals surface area contributed by atoms with E-state index in [1.807, 2.05) is 23.3 Å². The fourth-order valence-corrected chi connectivity index (χ4v) is 5.20. The van der Waals surface area contributed by atoms with Crippen LogP contribution in [0.2, 0.25) is 0 Å². The summed E-state index contributed by atoms with van der Waals surface area (Å²) in [4.78, 5) is 4.45. The normalized spacial score (nSPS) is 15.9. The SMILES string of the molecule is CC(C)(C)CNc1c(C#N)cnc2c(C#N)cc(N[C@H](C3=CN(C4CC4)NN3)c3cccc(NS(C)(=O)=O)c3)cc12. The van der Waals surface area contributed by atoms with Crippen LogP contribution in [-0.2, 0) is 10.0 Å². The fourth-order valence-electron chi connectivity index (χ4n) is 4.64. The molecular weight excluding hydrogens is 538 g/mol. The van der Waals surface area contributed by atoms with Crippen molar-refractivity contribution in [3.05, 3.63) is 71.2 Å². The molecule has 1 aromatic heterocycles. The second kappa shape index (κ2) is 10.8. The van der Waals surface area contributed by atoms with Crippen LogP contribution in [0.5, 0.6) is 0 Å². The zero-order chi connectivity index (χ0) is 29.4. The Hall–Kier alpha value is -4.52. The maximum atomic E-state index is 11.9. The molecule has 0 unspecified atom stereocenters. The summed E-state index contributed by atoms with van der Waals surface area (Å²) in [6.07, 6.45) is 6.80. The zero-order valence-corrected chi connectivity index (χ0v) is 24.2. The van der Waals surface area contributed by atoms with Gasteiger partial charge in [0.25, 0.3) is 0 Å². The molecular formula is C29H33N9O2S. The Labute approximate surface area is 240 Å². The van der Waals surface area contributed by atoms with Crippen LogP contribution in [0.1, 0.15) is 56.3 Å². The van der Waals surface area contributed by atoms with Gasteiger partial charge in [-0.05, 0) is 48.1 Å². The number of sulfonamides is 1. The highest BCUT2D eigenvalue weighted by molar-refractivity contribution is 7.92. The maximum absolute atomic E-state index is 11.9. The van der Waals surface area contributed by atoms with Crippen molar-refractivity contribution < 1.29 is 8.42 Å². The fraction of sp³-hybridized carbons (Fsp3) is 0.345. The van der Waals surface area contributed by atoms with Crippen LogP contribution in [0, 0.1) is 28.1 Å². The summed E-state index contributed by atoms with van der Waals surface area (Å²) in [6.45, 7) is 6.91. The first-order valence-corrected chi connectivity index (χ1v) is 15.2. The minimum Gasteiger partial charge on any atom is -0.383 e. The second-order valence-electron chi connectivity index (χ2n) is 11.6. The van der Waals surface area contributed by atoms with Gasteiger partial charge in [-0.2, -0.15) is 10.5 Å². The lowest BCUT2D eigenvalue weighted by Crippen LogP contribution is -2.38. The van der Waals surface area contributed by atoms with E-state index in [9.17, 15) is 18.9 Å². The van der Waals surface area contributed by atoms with Gasteiger partial charge in [-0.25, -0.2) is 8.42 Å². The van der Waals surface area contributed by atoms with Gasteiger partial charge in [0, 0.05) is 41.7 Å². The molecule has 5 rings (SSSR count). The van der Waals surface area contributed by atoms with Gasteiger partial charge in [0.05, 0.1) is 40.3 Å². The van der Waals surface area contributed by atoms with Crippen molar-refractivity contribution in [1.82, 2.24) is 21.0 Å². The van der Waals surface area contributed by atoms with E-state index < -0.39 is 16.1 Å². The van der Waals surface area contributed by atoms with E-state index in [4.69, 9.17) is 0 Å². The first-order valence-electron chi connectivity index (χ1n) is 13.3. The number of nitrogens with zero attached hydrogens (tertiary/aromatic N) is 4. The lowest BCUT2D eigenvalue weighted by molar-refractivity contribution is 0.260. The molecule has 11 nitrogen and oxygen atoms in total. The van der Waals surface area contributed by atoms with Crippen molar-refractivity contribution in [3.8, 4) is 12.1 Å². The Balaban J connectivity index is 1.60. The summed E-state index contributed by atoms with van der Waals surface area (Å²) in [5.74, 6) is 0. The summed E-state index contributed by atoms with van der Waals surface area (Å²) in [5, 5.41) is 29.5. The number of hydrogen-bond donors (Lipinski definition) is 5. The van der Waals surface area contributed by atoms with Crippen LogP contribution in [0.15, 0.2) is 54.5 Å². The van der Waals surface area contributed by atoms with Crippen molar-refractivity contribution >= 4 is 38.0 Å². The Morgan fingerprint density at radius 2 is 1.88 bits per heavy atom. The molecule has 0 saturated heterocycles. The standard InChI is InChI=1S/C29H33N9O2S/c1-29(2,3)17-33-27-20(14-31)15-32-26-19(13-30)11-22(12-24(26)27)34-28(25-16-38(37-35-25)23-8-9-23)18-6-5-7-21(10-18)36-41(4,39)40/h5-7,10-12,15-16,23,28,34-37H,8-9,17H2,1-4H3,(H,32,33)/t28-/m0/s1. The number of nitrogens with one attached hydrogen (secondary N) is 5. The lowest BCUT2D eigenvalue weighted by atomic mass is 9.96. The van der Waals surface area contributed by atoms with Gasteiger partial charge in [0.2, 0.25) is 10.0 Å². The van der Waals surface area contributed by atoms with E-state index >= 15 is 0 Å².